The molecule has 0 radical (unpaired) electrons. The zero-order chi connectivity index (χ0) is 13.5. The van der Waals surface area contributed by atoms with Gasteiger partial charge in [0.2, 0.25) is 0 Å². The number of halogens is 1. The van der Waals surface area contributed by atoms with Gasteiger partial charge in [-0.15, -0.1) is 0 Å². The van der Waals surface area contributed by atoms with E-state index in [0.717, 1.165) is 4.47 Å². The zero-order valence-electron chi connectivity index (χ0n) is 10.2. The van der Waals surface area contributed by atoms with Crippen LogP contribution in [-0.2, 0) is 4.74 Å². The summed E-state index contributed by atoms with van der Waals surface area (Å²) in [5, 5.41) is 8.96. The van der Waals surface area contributed by atoms with E-state index in [1.54, 1.807) is 25.3 Å². The minimum Gasteiger partial charge on any atom is -0.398 e. The first-order chi connectivity index (χ1) is 8.60. The van der Waals surface area contributed by atoms with Gasteiger partial charge >= 0.3 is 0 Å². The van der Waals surface area contributed by atoms with Crippen molar-refractivity contribution in [1.82, 2.24) is 4.90 Å². The molecule has 0 saturated heterocycles. The van der Waals surface area contributed by atoms with Crippen LogP contribution in [0.5, 0.6) is 0 Å². The molecule has 0 aliphatic heterocycles. The van der Waals surface area contributed by atoms with Crippen LogP contribution < -0.4 is 5.73 Å². The van der Waals surface area contributed by atoms with Crippen molar-refractivity contribution in [3.05, 3.63) is 28.2 Å². The Hall–Kier alpha value is -1.11. The van der Waals surface area contributed by atoms with E-state index in [-0.39, 0.29) is 19.1 Å². The fourth-order valence-corrected chi connectivity index (χ4v) is 1.74. The maximum absolute atomic E-state index is 12.2. The summed E-state index contributed by atoms with van der Waals surface area (Å²) in [5.74, 6) is -0.166. The molecule has 0 aliphatic carbocycles. The number of nitrogen functional groups attached to an aromatic ring is 1. The van der Waals surface area contributed by atoms with E-state index in [0.29, 0.717) is 24.4 Å². The quantitative estimate of drug-likeness (QED) is 0.771. The number of ether oxygens (including phenoxy) is 1. The highest BCUT2D eigenvalue weighted by molar-refractivity contribution is 9.10. The Morgan fingerprint density at radius 2 is 2.22 bits per heavy atom. The van der Waals surface area contributed by atoms with Crippen molar-refractivity contribution in [3.63, 3.8) is 0 Å². The third-order valence-electron chi connectivity index (χ3n) is 2.47. The van der Waals surface area contributed by atoms with Gasteiger partial charge in [-0.25, -0.2) is 0 Å². The number of amides is 1. The number of benzene rings is 1. The molecule has 5 nitrogen and oxygen atoms in total. The molecule has 1 rings (SSSR count). The van der Waals surface area contributed by atoms with Crippen molar-refractivity contribution in [2.24, 2.45) is 0 Å². The number of carbonyl (C=O) groups is 1. The summed E-state index contributed by atoms with van der Waals surface area (Å²) in [5.41, 5.74) is 6.75. The maximum Gasteiger partial charge on any atom is 0.254 e. The van der Waals surface area contributed by atoms with Crippen LogP contribution in [0.2, 0.25) is 0 Å². The fourth-order valence-electron chi connectivity index (χ4n) is 1.50. The normalized spacial score (nSPS) is 10.4. The molecule has 1 aromatic rings. The molecule has 0 aromatic heterocycles. The number of aliphatic hydroxyl groups excluding tert-OH is 1. The van der Waals surface area contributed by atoms with Crippen molar-refractivity contribution in [2.75, 3.05) is 39.1 Å². The van der Waals surface area contributed by atoms with Crippen LogP contribution in [0.4, 0.5) is 5.69 Å². The molecule has 6 heteroatoms. The number of aliphatic hydroxyl groups is 1. The first-order valence-corrected chi connectivity index (χ1v) is 6.33. The fraction of sp³-hybridized carbons (Fsp3) is 0.417. The molecular formula is C12H17BrN2O3. The number of hydrogen-bond donors (Lipinski definition) is 2. The zero-order valence-corrected chi connectivity index (χ0v) is 11.8. The van der Waals surface area contributed by atoms with Crippen LogP contribution in [0.25, 0.3) is 0 Å². The minimum atomic E-state index is -0.166. The molecule has 0 unspecified atom stereocenters. The van der Waals surface area contributed by atoms with E-state index >= 15 is 0 Å². The molecule has 1 amide bonds. The van der Waals surface area contributed by atoms with E-state index in [1.807, 2.05) is 0 Å². The van der Waals surface area contributed by atoms with Crippen molar-refractivity contribution in [1.29, 1.82) is 0 Å². The minimum absolute atomic E-state index is 0.0819. The number of methoxy groups -OCH3 is 1. The molecule has 18 heavy (non-hydrogen) atoms. The highest BCUT2D eigenvalue weighted by Crippen LogP contribution is 2.21. The number of carbonyl (C=O) groups excluding carboxylic acids is 1. The molecule has 0 saturated carbocycles. The molecular weight excluding hydrogens is 300 g/mol. The molecule has 1 aromatic carbocycles. The maximum atomic E-state index is 12.2. The second-order valence-electron chi connectivity index (χ2n) is 3.74. The second kappa shape index (κ2) is 7.35. The van der Waals surface area contributed by atoms with Crippen molar-refractivity contribution < 1.29 is 14.6 Å². The SMILES string of the molecule is COCCN(CCO)C(=O)c1ccc(Br)c(N)c1. The van der Waals surface area contributed by atoms with Gasteiger partial charge < -0.3 is 20.5 Å². The largest absolute Gasteiger partial charge is 0.398 e. The van der Waals surface area contributed by atoms with Gasteiger partial charge in [-0.2, -0.15) is 0 Å². The summed E-state index contributed by atoms with van der Waals surface area (Å²) >= 11 is 3.28. The molecule has 3 N–H and O–H groups in total. The van der Waals surface area contributed by atoms with E-state index in [4.69, 9.17) is 15.6 Å². The number of nitrogens with zero attached hydrogens (tertiary/aromatic N) is 1. The van der Waals surface area contributed by atoms with Crippen molar-refractivity contribution in [3.8, 4) is 0 Å². The monoisotopic (exact) mass is 316 g/mol. The first kappa shape index (κ1) is 14.9. The summed E-state index contributed by atoms with van der Waals surface area (Å²) in [6.07, 6.45) is 0. The lowest BCUT2D eigenvalue weighted by Gasteiger charge is -2.21. The van der Waals surface area contributed by atoms with Crippen molar-refractivity contribution >= 4 is 27.5 Å². The van der Waals surface area contributed by atoms with E-state index < -0.39 is 0 Å². The van der Waals surface area contributed by atoms with Gasteiger partial charge in [0.25, 0.3) is 5.91 Å². The molecule has 100 valence electrons. The smallest absolute Gasteiger partial charge is 0.254 e. The van der Waals surface area contributed by atoms with Gasteiger partial charge in [0.05, 0.1) is 13.2 Å². The molecule has 0 aliphatic rings. The molecule has 0 heterocycles. The lowest BCUT2D eigenvalue weighted by atomic mass is 10.1. The van der Waals surface area contributed by atoms with Crippen LogP contribution in [0.3, 0.4) is 0 Å². The first-order valence-electron chi connectivity index (χ1n) is 5.54. The molecule has 0 spiro atoms. The Balaban J connectivity index is 2.83. The molecule has 0 atom stereocenters. The summed E-state index contributed by atoms with van der Waals surface area (Å²) < 4.78 is 5.69. The number of nitrogens with two attached hydrogens (primary N) is 1. The number of rotatable bonds is 6. The highest BCUT2D eigenvalue weighted by Gasteiger charge is 2.15. The van der Waals surface area contributed by atoms with Gasteiger partial charge in [0.1, 0.15) is 0 Å². The summed E-state index contributed by atoms with van der Waals surface area (Å²) in [6, 6.07) is 5.04. The highest BCUT2D eigenvalue weighted by atomic mass is 79.9. The van der Waals surface area contributed by atoms with Crippen LogP contribution in [0.1, 0.15) is 10.4 Å². The van der Waals surface area contributed by atoms with Crippen LogP contribution in [-0.4, -0.2) is 49.3 Å². The standard InChI is InChI=1S/C12H17BrN2O3/c1-18-7-5-15(4-6-16)12(17)9-2-3-10(13)11(14)8-9/h2-3,8,16H,4-7,14H2,1H3. The van der Waals surface area contributed by atoms with E-state index in [9.17, 15) is 4.79 Å². The predicted octanol–water partition coefficient (Wildman–Crippen LogP) is 1.11. The summed E-state index contributed by atoms with van der Waals surface area (Å²) in [4.78, 5) is 13.7. The lowest BCUT2D eigenvalue weighted by Crippen LogP contribution is -2.36. The average molecular weight is 317 g/mol. The van der Waals surface area contributed by atoms with E-state index in [1.165, 1.54) is 4.90 Å². The van der Waals surface area contributed by atoms with E-state index in [2.05, 4.69) is 15.9 Å². The Bertz CT molecular complexity index is 412. The Morgan fingerprint density at radius 1 is 1.50 bits per heavy atom. The second-order valence-corrected chi connectivity index (χ2v) is 4.60. The van der Waals surface area contributed by atoms with Crippen LogP contribution >= 0.6 is 15.9 Å². The average Bonchev–Trinajstić information content (AvgIpc) is 2.37. The third kappa shape index (κ3) is 3.97. The topological polar surface area (TPSA) is 75.8 Å². The number of anilines is 1. The van der Waals surface area contributed by atoms with Crippen molar-refractivity contribution in [2.45, 2.75) is 0 Å². The lowest BCUT2D eigenvalue weighted by molar-refractivity contribution is 0.0656. The Labute approximate surface area is 115 Å². The van der Waals surface area contributed by atoms with Gasteiger partial charge in [-0.3, -0.25) is 4.79 Å². The van der Waals surface area contributed by atoms with Gasteiger partial charge in [0.15, 0.2) is 0 Å². The number of hydrogen-bond acceptors (Lipinski definition) is 4. The summed E-state index contributed by atoms with van der Waals surface area (Å²) in [6.45, 7) is 1.06. The predicted molar refractivity (Wildman–Crippen MR) is 73.4 cm³/mol. The third-order valence-corrected chi connectivity index (χ3v) is 3.19. The Morgan fingerprint density at radius 3 is 2.78 bits per heavy atom. The van der Waals surface area contributed by atoms with Gasteiger partial charge in [-0.05, 0) is 34.1 Å². The molecule has 0 fully saturated rings. The molecule has 0 bridgehead atoms. The van der Waals surface area contributed by atoms with Gasteiger partial charge in [-0.1, -0.05) is 0 Å². The van der Waals surface area contributed by atoms with Crippen LogP contribution in [0.15, 0.2) is 22.7 Å². The Kier molecular flexibility index (Phi) is 6.11. The van der Waals surface area contributed by atoms with Gasteiger partial charge in [0, 0.05) is 35.9 Å². The summed E-state index contributed by atoms with van der Waals surface area (Å²) in [7, 11) is 1.57. The van der Waals surface area contributed by atoms with Crippen LogP contribution in [0, 0.1) is 0 Å².